The van der Waals surface area contributed by atoms with Crippen molar-refractivity contribution in [3.05, 3.63) is 69.5 Å². The molecule has 2 unspecified atom stereocenters. The zero-order chi connectivity index (χ0) is 21.3. The Morgan fingerprint density at radius 2 is 2.07 bits per heavy atom. The number of thioether (sulfide) groups is 1. The number of ketones is 1. The second-order valence-corrected chi connectivity index (χ2v) is 9.21. The normalized spacial score (nSPS) is 17.4. The van der Waals surface area contributed by atoms with E-state index >= 15 is 0 Å². The Labute approximate surface area is 180 Å². The molecule has 2 aromatic carbocycles. The molecule has 4 rings (SSSR count). The van der Waals surface area contributed by atoms with Crippen LogP contribution < -0.4 is 5.56 Å². The summed E-state index contributed by atoms with van der Waals surface area (Å²) >= 11 is 1.35. The van der Waals surface area contributed by atoms with Gasteiger partial charge >= 0.3 is 0 Å². The van der Waals surface area contributed by atoms with E-state index in [0.717, 1.165) is 36.1 Å². The Kier molecular flexibility index (Phi) is 6.06. The van der Waals surface area contributed by atoms with Crippen molar-refractivity contribution in [2.24, 2.45) is 0 Å². The lowest BCUT2D eigenvalue weighted by Gasteiger charge is -2.19. The maximum atomic E-state index is 13.2. The average Bonchev–Trinajstić information content (AvgIpc) is 3.25. The standard InChI is InChI=1S/C24H26N2O3S/c1-15-10-11-16(2)20(13-15)22(27)17(3)30-24-25-21-9-5-4-8-19(21)23(28)26(24)14-18-7-6-12-29-18/h4-5,8-11,13,17-18H,6-7,12,14H2,1-3H3. The van der Waals surface area contributed by atoms with Gasteiger partial charge in [-0.05, 0) is 57.4 Å². The number of carbonyl (C=O) groups excluding carboxylic acids is 1. The van der Waals surface area contributed by atoms with Crippen molar-refractivity contribution in [2.75, 3.05) is 6.61 Å². The summed E-state index contributed by atoms with van der Waals surface area (Å²) in [5.41, 5.74) is 3.32. The lowest BCUT2D eigenvalue weighted by molar-refractivity contribution is 0.0937. The maximum absolute atomic E-state index is 13.2. The number of ether oxygens (including phenoxy) is 1. The number of rotatable bonds is 6. The number of hydrogen-bond donors (Lipinski definition) is 0. The predicted molar refractivity (Wildman–Crippen MR) is 121 cm³/mol. The van der Waals surface area contributed by atoms with Gasteiger partial charge in [0.2, 0.25) is 0 Å². The first-order chi connectivity index (χ1) is 14.4. The van der Waals surface area contributed by atoms with Gasteiger partial charge in [-0.2, -0.15) is 0 Å². The summed E-state index contributed by atoms with van der Waals surface area (Å²) in [6.45, 7) is 7.00. The van der Waals surface area contributed by atoms with Crippen LogP contribution in [-0.4, -0.2) is 33.3 Å². The second kappa shape index (κ2) is 8.74. The van der Waals surface area contributed by atoms with E-state index < -0.39 is 0 Å². The van der Waals surface area contributed by atoms with E-state index in [1.807, 2.05) is 57.2 Å². The molecule has 6 heteroatoms. The molecule has 0 aliphatic carbocycles. The van der Waals surface area contributed by atoms with Crippen molar-refractivity contribution in [1.82, 2.24) is 9.55 Å². The first kappa shape index (κ1) is 20.8. The van der Waals surface area contributed by atoms with Crippen LogP contribution in [0.1, 0.15) is 41.3 Å². The average molecular weight is 423 g/mol. The molecule has 30 heavy (non-hydrogen) atoms. The van der Waals surface area contributed by atoms with Gasteiger partial charge in [-0.15, -0.1) is 0 Å². The first-order valence-electron chi connectivity index (χ1n) is 10.3. The van der Waals surface area contributed by atoms with Gasteiger partial charge in [0.25, 0.3) is 5.56 Å². The van der Waals surface area contributed by atoms with Gasteiger partial charge < -0.3 is 4.74 Å². The third kappa shape index (κ3) is 4.20. The highest BCUT2D eigenvalue weighted by Gasteiger charge is 2.24. The fourth-order valence-electron chi connectivity index (χ4n) is 3.82. The number of hydrogen-bond acceptors (Lipinski definition) is 5. The van der Waals surface area contributed by atoms with Crippen molar-refractivity contribution >= 4 is 28.4 Å². The molecule has 1 saturated heterocycles. The number of para-hydroxylation sites is 1. The largest absolute Gasteiger partial charge is 0.376 e. The van der Waals surface area contributed by atoms with Crippen LogP contribution in [0, 0.1) is 13.8 Å². The first-order valence-corrected chi connectivity index (χ1v) is 11.2. The van der Waals surface area contributed by atoms with Crippen LogP contribution in [0.5, 0.6) is 0 Å². The van der Waals surface area contributed by atoms with Gasteiger partial charge in [0.15, 0.2) is 10.9 Å². The van der Waals surface area contributed by atoms with Gasteiger partial charge in [-0.3, -0.25) is 14.2 Å². The van der Waals surface area contributed by atoms with Gasteiger partial charge in [0.05, 0.1) is 28.8 Å². The van der Waals surface area contributed by atoms with Crippen molar-refractivity contribution in [3.8, 4) is 0 Å². The molecule has 1 fully saturated rings. The summed E-state index contributed by atoms with van der Waals surface area (Å²) in [4.78, 5) is 31.1. The van der Waals surface area contributed by atoms with Crippen LogP contribution in [0.2, 0.25) is 0 Å². The Morgan fingerprint density at radius 1 is 1.27 bits per heavy atom. The number of fused-ring (bicyclic) bond motifs is 1. The van der Waals surface area contributed by atoms with Crippen LogP contribution in [0.4, 0.5) is 0 Å². The Morgan fingerprint density at radius 3 is 2.83 bits per heavy atom. The van der Waals surface area contributed by atoms with Gasteiger partial charge in [0, 0.05) is 12.2 Å². The highest BCUT2D eigenvalue weighted by molar-refractivity contribution is 8.00. The highest BCUT2D eigenvalue weighted by Crippen LogP contribution is 2.27. The molecule has 5 nitrogen and oxygen atoms in total. The molecule has 1 aromatic heterocycles. The summed E-state index contributed by atoms with van der Waals surface area (Å²) < 4.78 is 7.46. The third-order valence-electron chi connectivity index (χ3n) is 5.55. The van der Waals surface area contributed by atoms with Crippen molar-refractivity contribution in [2.45, 2.75) is 56.7 Å². The number of benzene rings is 2. The molecular weight excluding hydrogens is 396 g/mol. The second-order valence-electron chi connectivity index (χ2n) is 7.91. The lowest BCUT2D eigenvalue weighted by atomic mass is 10.0. The number of Topliss-reactive ketones (excluding diaryl/α,β-unsaturated/α-hetero) is 1. The molecule has 3 aromatic rings. The molecule has 0 bridgehead atoms. The minimum atomic E-state index is -0.366. The highest BCUT2D eigenvalue weighted by atomic mass is 32.2. The summed E-state index contributed by atoms with van der Waals surface area (Å²) in [6, 6.07) is 13.3. The fourth-order valence-corrected chi connectivity index (χ4v) is 4.81. The molecule has 1 aliphatic heterocycles. The molecule has 0 radical (unpaired) electrons. The van der Waals surface area contributed by atoms with E-state index in [4.69, 9.17) is 9.72 Å². The minimum Gasteiger partial charge on any atom is -0.376 e. The molecule has 0 saturated carbocycles. The molecule has 0 N–H and O–H groups in total. The molecule has 2 heterocycles. The van der Waals surface area contributed by atoms with Crippen LogP contribution in [0.15, 0.2) is 52.4 Å². The molecule has 1 aliphatic rings. The van der Waals surface area contributed by atoms with Crippen LogP contribution >= 0.6 is 11.8 Å². The van der Waals surface area contributed by atoms with Crippen molar-refractivity contribution in [3.63, 3.8) is 0 Å². The van der Waals surface area contributed by atoms with Crippen molar-refractivity contribution in [1.29, 1.82) is 0 Å². The van der Waals surface area contributed by atoms with E-state index in [1.54, 1.807) is 10.6 Å². The maximum Gasteiger partial charge on any atom is 0.262 e. The van der Waals surface area contributed by atoms with Crippen LogP contribution in [-0.2, 0) is 11.3 Å². The number of aromatic nitrogens is 2. The molecule has 2 atom stereocenters. The lowest BCUT2D eigenvalue weighted by Crippen LogP contribution is -2.29. The number of nitrogens with zero attached hydrogens (tertiary/aromatic N) is 2. The summed E-state index contributed by atoms with van der Waals surface area (Å²) in [5.74, 6) is 0.0484. The van der Waals surface area contributed by atoms with Gasteiger partial charge in [-0.25, -0.2) is 4.98 Å². The molecule has 156 valence electrons. The summed E-state index contributed by atoms with van der Waals surface area (Å²) in [7, 11) is 0. The number of carbonyl (C=O) groups is 1. The Balaban J connectivity index is 1.70. The van der Waals surface area contributed by atoms with Gasteiger partial charge in [0.1, 0.15) is 0 Å². The summed E-state index contributed by atoms with van der Waals surface area (Å²) in [6.07, 6.45) is 1.94. The zero-order valence-corrected chi connectivity index (χ0v) is 18.4. The smallest absolute Gasteiger partial charge is 0.262 e. The van der Waals surface area contributed by atoms with E-state index in [1.165, 1.54) is 11.8 Å². The zero-order valence-electron chi connectivity index (χ0n) is 17.6. The fraction of sp³-hybridized carbons (Fsp3) is 0.375. The Bertz CT molecular complexity index is 1150. The minimum absolute atomic E-state index is 0.00929. The monoisotopic (exact) mass is 422 g/mol. The molecule has 0 spiro atoms. The van der Waals surface area contributed by atoms with Crippen LogP contribution in [0.3, 0.4) is 0 Å². The Hall–Kier alpha value is -2.44. The molecular formula is C24H26N2O3S. The summed E-state index contributed by atoms with van der Waals surface area (Å²) in [5, 5.41) is 0.794. The van der Waals surface area contributed by atoms with Crippen molar-refractivity contribution < 1.29 is 9.53 Å². The SMILES string of the molecule is Cc1ccc(C)c(C(=O)C(C)Sc2nc3ccccc3c(=O)n2CC2CCCO2)c1. The quantitative estimate of drug-likeness (QED) is 0.331. The van der Waals surface area contributed by atoms with Crippen LogP contribution in [0.25, 0.3) is 10.9 Å². The van der Waals surface area contributed by atoms with E-state index in [2.05, 4.69) is 0 Å². The topological polar surface area (TPSA) is 61.2 Å². The van der Waals surface area contributed by atoms with E-state index in [9.17, 15) is 9.59 Å². The molecule has 0 amide bonds. The van der Waals surface area contributed by atoms with E-state index in [-0.39, 0.29) is 22.7 Å². The predicted octanol–water partition coefficient (Wildman–Crippen LogP) is 4.56. The number of aryl methyl sites for hydroxylation is 2. The van der Waals surface area contributed by atoms with Gasteiger partial charge in [-0.1, -0.05) is 41.6 Å². The van der Waals surface area contributed by atoms with E-state index in [0.29, 0.717) is 22.6 Å². The third-order valence-corrected chi connectivity index (χ3v) is 6.64.